The molecular weight excluding hydrogens is 306 g/mol. The first kappa shape index (κ1) is 14.3. The molecule has 3 aromatic rings. The predicted molar refractivity (Wildman–Crippen MR) is 81.8 cm³/mol. The van der Waals surface area contributed by atoms with Gasteiger partial charge in [-0.25, -0.2) is 14.3 Å². The molecule has 0 aliphatic carbocycles. The van der Waals surface area contributed by atoms with Crippen LogP contribution in [0.5, 0.6) is 0 Å². The Kier molecular flexibility index (Phi) is 3.46. The summed E-state index contributed by atoms with van der Waals surface area (Å²) in [6, 6.07) is 7.23. The van der Waals surface area contributed by atoms with Gasteiger partial charge < -0.3 is 5.11 Å². The standard InChI is InChI=1S/C15H12ClN3O3/c1-8-11(6-9-3-2-4-10(16)5-9)14(20)19-13(18-8)12(7-17-19)15(21)22/h2-5,7,17H,6H2,1H3,(H,21,22). The molecule has 0 aliphatic rings. The van der Waals surface area contributed by atoms with Crippen LogP contribution in [0.2, 0.25) is 5.02 Å². The Balaban J connectivity index is 2.15. The van der Waals surface area contributed by atoms with Gasteiger partial charge in [0, 0.05) is 28.9 Å². The number of H-pyrrole nitrogens is 1. The number of carboxylic acid groups (broad SMARTS) is 1. The number of aromatic carboxylic acids is 1. The third-order valence-corrected chi connectivity index (χ3v) is 3.70. The van der Waals surface area contributed by atoms with E-state index in [0.29, 0.717) is 22.7 Å². The zero-order valence-corrected chi connectivity index (χ0v) is 12.4. The van der Waals surface area contributed by atoms with Gasteiger partial charge in [0.15, 0.2) is 5.65 Å². The maximum absolute atomic E-state index is 12.5. The summed E-state index contributed by atoms with van der Waals surface area (Å²) in [6.45, 7) is 1.69. The predicted octanol–water partition coefficient (Wildman–Crippen LogP) is 2.27. The van der Waals surface area contributed by atoms with Gasteiger partial charge in [-0.3, -0.25) is 9.89 Å². The molecule has 3 rings (SSSR count). The molecule has 2 aromatic heterocycles. The van der Waals surface area contributed by atoms with Gasteiger partial charge in [-0.1, -0.05) is 23.7 Å². The zero-order chi connectivity index (χ0) is 15.9. The number of aromatic nitrogens is 3. The Hall–Kier alpha value is -2.60. The van der Waals surface area contributed by atoms with Crippen LogP contribution in [0.1, 0.15) is 27.2 Å². The Morgan fingerprint density at radius 2 is 2.23 bits per heavy atom. The Morgan fingerprint density at radius 3 is 2.91 bits per heavy atom. The lowest BCUT2D eigenvalue weighted by Crippen LogP contribution is -2.22. The van der Waals surface area contributed by atoms with Crippen LogP contribution < -0.4 is 5.56 Å². The van der Waals surface area contributed by atoms with E-state index >= 15 is 0 Å². The highest BCUT2D eigenvalue weighted by atomic mass is 35.5. The molecule has 2 heterocycles. The van der Waals surface area contributed by atoms with E-state index in [-0.39, 0.29) is 16.8 Å². The fourth-order valence-corrected chi connectivity index (χ4v) is 2.58. The summed E-state index contributed by atoms with van der Waals surface area (Å²) in [6.07, 6.45) is 1.64. The maximum atomic E-state index is 12.5. The number of rotatable bonds is 3. The van der Waals surface area contributed by atoms with E-state index in [0.717, 1.165) is 10.1 Å². The third-order valence-electron chi connectivity index (χ3n) is 3.46. The molecule has 0 spiro atoms. The number of aromatic amines is 1. The summed E-state index contributed by atoms with van der Waals surface area (Å²) in [4.78, 5) is 27.9. The van der Waals surface area contributed by atoms with Crippen LogP contribution in [0, 0.1) is 6.92 Å². The summed E-state index contributed by atoms with van der Waals surface area (Å²) in [5.41, 5.74) is 1.67. The number of hydrogen-bond donors (Lipinski definition) is 2. The molecule has 7 heteroatoms. The fraction of sp³-hybridized carbons (Fsp3) is 0.133. The number of nitrogens with one attached hydrogen (secondary N) is 1. The number of halogens is 1. The van der Waals surface area contributed by atoms with Gasteiger partial charge in [-0.2, -0.15) is 0 Å². The highest BCUT2D eigenvalue weighted by Crippen LogP contribution is 2.15. The molecule has 6 nitrogen and oxygen atoms in total. The molecule has 1 aromatic carbocycles. The summed E-state index contributed by atoms with van der Waals surface area (Å²) < 4.78 is 1.15. The lowest BCUT2D eigenvalue weighted by Gasteiger charge is -2.06. The van der Waals surface area contributed by atoms with E-state index in [4.69, 9.17) is 16.7 Å². The first-order valence-corrected chi connectivity index (χ1v) is 6.92. The van der Waals surface area contributed by atoms with Gasteiger partial charge in [-0.05, 0) is 24.6 Å². The maximum Gasteiger partial charge on any atom is 0.341 e. The van der Waals surface area contributed by atoms with Crippen molar-refractivity contribution < 1.29 is 9.90 Å². The second kappa shape index (κ2) is 5.31. The van der Waals surface area contributed by atoms with Crippen molar-refractivity contribution in [3.05, 3.63) is 68.2 Å². The van der Waals surface area contributed by atoms with Crippen LogP contribution in [-0.2, 0) is 6.42 Å². The molecule has 0 radical (unpaired) electrons. The van der Waals surface area contributed by atoms with Crippen LogP contribution in [0.25, 0.3) is 5.65 Å². The molecule has 0 saturated carbocycles. The van der Waals surface area contributed by atoms with Crippen LogP contribution >= 0.6 is 11.6 Å². The quantitative estimate of drug-likeness (QED) is 0.775. The molecule has 2 N–H and O–H groups in total. The number of nitrogens with zero attached hydrogens (tertiary/aromatic N) is 2. The number of benzene rings is 1. The van der Waals surface area contributed by atoms with E-state index in [1.807, 2.05) is 12.1 Å². The highest BCUT2D eigenvalue weighted by Gasteiger charge is 2.17. The van der Waals surface area contributed by atoms with Gasteiger partial charge in [0.25, 0.3) is 5.56 Å². The van der Waals surface area contributed by atoms with Crippen LogP contribution in [0.15, 0.2) is 35.3 Å². The Labute approximate surface area is 130 Å². The first-order chi connectivity index (χ1) is 10.5. The van der Waals surface area contributed by atoms with Crippen LogP contribution in [0.3, 0.4) is 0 Å². The average Bonchev–Trinajstić information content (AvgIpc) is 2.87. The monoisotopic (exact) mass is 317 g/mol. The van der Waals surface area contributed by atoms with Crippen molar-refractivity contribution in [3.63, 3.8) is 0 Å². The molecule has 0 unspecified atom stereocenters. The number of fused-ring (bicyclic) bond motifs is 1. The van der Waals surface area contributed by atoms with E-state index in [9.17, 15) is 9.59 Å². The molecule has 0 aliphatic heterocycles. The van der Waals surface area contributed by atoms with Gasteiger partial charge in [0.1, 0.15) is 5.56 Å². The number of aryl methyl sites for hydroxylation is 1. The number of carbonyl (C=O) groups is 1. The van der Waals surface area contributed by atoms with Crippen molar-refractivity contribution >= 4 is 23.2 Å². The van der Waals surface area contributed by atoms with Crippen molar-refractivity contribution in [3.8, 4) is 0 Å². The van der Waals surface area contributed by atoms with E-state index < -0.39 is 5.97 Å². The minimum atomic E-state index is -1.13. The summed E-state index contributed by atoms with van der Waals surface area (Å²) in [5, 5.41) is 12.3. The molecule has 0 amide bonds. The number of carboxylic acids is 1. The van der Waals surface area contributed by atoms with Crippen molar-refractivity contribution in [2.24, 2.45) is 0 Å². The minimum Gasteiger partial charge on any atom is -0.477 e. The van der Waals surface area contributed by atoms with Crippen LogP contribution in [0.4, 0.5) is 0 Å². The van der Waals surface area contributed by atoms with E-state index in [1.54, 1.807) is 19.1 Å². The van der Waals surface area contributed by atoms with Gasteiger partial charge >= 0.3 is 5.97 Å². The van der Waals surface area contributed by atoms with Crippen LogP contribution in [-0.4, -0.2) is 25.7 Å². The average molecular weight is 318 g/mol. The van der Waals surface area contributed by atoms with E-state index in [2.05, 4.69) is 10.1 Å². The largest absolute Gasteiger partial charge is 0.477 e. The smallest absolute Gasteiger partial charge is 0.341 e. The summed E-state index contributed by atoms with van der Waals surface area (Å²) >= 11 is 5.95. The topological polar surface area (TPSA) is 87.5 Å². The summed E-state index contributed by atoms with van der Waals surface area (Å²) in [5.74, 6) is -1.13. The SMILES string of the molecule is Cc1nc2c(C(=O)O)c[nH]n2c(=O)c1Cc1cccc(Cl)c1. The third kappa shape index (κ3) is 2.37. The molecule has 112 valence electrons. The molecule has 0 fully saturated rings. The van der Waals surface area contributed by atoms with Gasteiger partial charge in [-0.15, -0.1) is 0 Å². The molecule has 0 bridgehead atoms. The second-order valence-corrected chi connectivity index (χ2v) is 5.38. The molecule has 0 atom stereocenters. The Bertz CT molecular complexity index is 943. The lowest BCUT2D eigenvalue weighted by molar-refractivity contribution is 0.0698. The number of hydrogen-bond acceptors (Lipinski definition) is 3. The fourth-order valence-electron chi connectivity index (χ4n) is 2.37. The second-order valence-electron chi connectivity index (χ2n) is 4.94. The van der Waals surface area contributed by atoms with Gasteiger partial charge in [0.2, 0.25) is 0 Å². The van der Waals surface area contributed by atoms with Crippen molar-refractivity contribution in [2.45, 2.75) is 13.3 Å². The van der Waals surface area contributed by atoms with E-state index in [1.165, 1.54) is 6.20 Å². The first-order valence-electron chi connectivity index (χ1n) is 6.54. The van der Waals surface area contributed by atoms with Gasteiger partial charge in [0.05, 0.1) is 0 Å². The van der Waals surface area contributed by atoms with Crippen molar-refractivity contribution in [1.29, 1.82) is 0 Å². The minimum absolute atomic E-state index is 0.0329. The molecular formula is C15H12ClN3O3. The Morgan fingerprint density at radius 1 is 1.45 bits per heavy atom. The lowest BCUT2D eigenvalue weighted by atomic mass is 10.1. The normalized spacial score (nSPS) is 11.0. The highest BCUT2D eigenvalue weighted by molar-refractivity contribution is 6.30. The van der Waals surface area contributed by atoms with Crippen molar-refractivity contribution in [1.82, 2.24) is 14.6 Å². The molecule has 0 saturated heterocycles. The summed E-state index contributed by atoms with van der Waals surface area (Å²) in [7, 11) is 0. The molecule has 22 heavy (non-hydrogen) atoms. The van der Waals surface area contributed by atoms with Crippen molar-refractivity contribution in [2.75, 3.05) is 0 Å². The zero-order valence-electron chi connectivity index (χ0n) is 11.6.